The summed E-state index contributed by atoms with van der Waals surface area (Å²) in [4.78, 5) is 10.7. The lowest BCUT2D eigenvalue weighted by atomic mass is 10.1. The zero-order chi connectivity index (χ0) is 10.1. The topological polar surface area (TPSA) is 49.3 Å². The lowest BCUT2D eigenvalue weighted by Crippen LogP contribution is -2.36. The number of carboxylic acid groups (broad SMARTS) is 1. The molecule has 0 aromatic carbocycles. The summed E-state index contributed by atoms with van der Waals surface area (Å²) in [6.45, 7) is 4.24. The van der Waals surface area contributed by atoms with Crippen LogP contribution >= 0.6 is 0 Å². The third-order valence-corrected chi connectivity index (χ3v) is 1.76. The van der Waals surface area contributed by atoms with Crippen molar-refractivity contribution in [1.82, 2.24) is 5.32 Å². The van der Waals surface area contributed by atoms with Crippen LogP contribution in [-0.4, -0.2) is 23.7 Å². The molecule has 0 rings (SSSR count). The molecule has 74 valence electrons. The molecule has 2 N–H and O–H groups in total. The minimum atomic E-state index is -0.786. The molecule has 0 aromatic rings. The van der Waals surface area contributed by atoms with E-state index in [-0.39, 0.29) is 0 Å². The second-order valence-electron chi connectivity index (χ2n) is 2.84. The maximum atomic E-state index is 10.7. The number of hydrogen-bond donors (Lipinski definition) is 2. The Labute approximate surface area is 79.5 Å². The molecule has 13 heavy (non-hydrogen) atoms. The Morgan fingerprint density at radius 3 is 2.77 bits per heavy atom. The fourth-order valence-electron chi connectivity index (χ4n) is 0.984. The molecule has 0 spiro atoms. The number of carboxylic acids is 1. The van der Waals surface area contributed by atoms with Crippen molar-refractivity contribution in [3.05, 3.63) is 0 Å². The van der Waals surface area contributed by atoms with Crippen LogP contribution < -0.4 is 5.32 Å². The van der Waals surface area contributed by atoms with Crippen molar-refractivity contribution in [3.63, 3.8) is 0 Å². The molecule has 3 heteroatoms. The number of carbonyl (C=O) groups is 1. The summed E-state index contributed by atoms with van der Waals surface area (Å²) < 4.78 is 0. The highest BCUT2D eigenvalue weighted by Crippen LogP contribution is 2.00. The average Bonchev–Trinajstić information content (AvgIpc) is 2.10. The number of rotatable bonds is 6. The molecule has 0 bridgehead atoms. The fourth-order valence-corrected chi connectivity index (χ4v) is 0.984. The molecule has 1 atom stereocenters. The van der Waals surface area contributed by atoms with Crippen LogP contribution in [0.15, 0.2) is 0 Å². The van der Waals surface area contributed by atoms with Gasteiger partial charge >= 0.3 is 5.97 Å². The Morgan fingerprint density at radius 2 is 2.31 bits per heavy atom. The molecule has 0 aromatic heterocycles. The van der Waals surface area contributed by atoms with Crippen LogP contribution in [0.1, 0.15) is 33.1 Å². The van der Waals surface area contributed by atoms with Gasteiger partial charge in [-0.05, 0) is 13.3 Å². The van der Waals surface area contributed by atoms with Crippen LogP contribution in [0.2, 0.25) is 0 Å². The standard InChI is InChI=1S/C10H17NO2/c1-3-5-7-9(10(12)13)11-8-6-4-2/h9,11H,3,5,7-8H2,1-2H3,(H,12,13). The summed E-state index contributed by atoms with van der Waals surface area (Å²) in [6, 6.07) is -0.444. The van der Waals surface area contributed by atoms with Crippen LogP contribution in [-0.2, 0) is 4.79 Å². The van der Waals surface area contributed by atoms with Gasteiger partial charge in [0.1, 0.15) is 6.04 Å². The van der Waals surface area contributed by atoms with E-state index in [4.69, 9.17) is 5.11 Å². The van der Waals surface area contributed by atoms with Gasteiger partial charge in [-0.1, -0.05) is 25.7 Å². The van der Waals surface area contributed by atoms with Crippen molar-refractivity contribution < 1.29 is 9.90 Å². The minimum Gasteiger partial charge on any atom is -0.480 e. The first-order valence-corrected chi connectivity index (χ1v) is 4.58. The van der Waals surface area contributed by atoms with E-state index >= 15 is 0 Å². The van der Waals surface area contributed by atoms with E-state index < -0.39 is 12.0 Å². The van der Waals surface area contributed by atoms with E-state index in [1.54, 1.807) is 6.92 Å². The van der Waals surface area contributed by atoms with Crippen molar-refractivity contribution in [2.45, 2.75) is 39.2 Å². The first-order valence-electron chi connectivity index (χ1n) is 4.58. The molecule has 0 saturated carbocycles. The van der Waals surface area contributed by atoms with Gasteiger partial charge in [0.15, 0.2) is 0 Å². The van der Waals surface area contributed by atoms with Gasteiger partial charge in [0.2, 0.25) is 0 Å². The molecular formula is C10H17NO2. The summed E-state index contributed by atoms with van der Waals surface area (Å²) >= 11 is 0. The molecule has 0 amide bonds. The van der Waals surface area contributed by atoms with Crippen molar-refractivity contribution in [2.75, 3.05) is 6.54 Å². The van der Waals surface area contributed by atoms with Crippen molar-refractivity contribution >= 4 is 5.97 Å². The molecule has 0 radical (unpaired) electrons. The lowest BCUT2D eigenvalue weighted by molar-refractivity contribution is -0.139. The molecule has 1 unspecified atom stereocenters. The third-order valence-electron chi connectivity index (χ3n) is 1.76. The SMILES string of the molecule is CC#CCNC(CCCC)C(=O)O. The van der Waals surface area contributed by atoms with Gasteiger partial charge in [-0.25, -0.2) is 0 Å². The van der Waals surface area contributed by atoms with E-state index in [2.05, 4.69) is 17.2 Å². The average molecular weight is 183 g/mol. The number of nitrogens with one attached hydrogen (secondary N) is 1. The molecule has 0 aliphatic rings. The van der Waals surface area contributed by atoms with Crippen LogP contribution in [0.3, 0.4) is 0 Å². The predicted octanol–water partition coefficient (Wildman–Crippen LogP) is 1.24. The molecule has 0 heterocycles. The molecule has 3 nitrogen and oxygen atoms in total. The first kappa shape index (κ1) is 12.0. The van der Waals surface area contributed by atoms with Crippen LogP contribution in [0.4, 0.5) is 0 Å². The summed E-state index contributed by atoms with van der Waals surface area (Å²) in [5.41, 5.74) is 0. The quantitative estimate of drug-likeness (QED) is 0.609. The van der Waals surface area contributed by atoms with E-state index in [0.29, 0.717) is 13.0 Å². The predicted molar refractivity (Wildman–Crippen MR) is 52.4 cm³/mol. The summed E-state index contributed by atoms with van der Waals surface area (Å²) in [6.07, 6.45) is 2.63. The Bertz CT molecular complexity index is 203. The third kappa shape index (κ3) is 6.18. The molecular weight excluding hydrogens is 166 g/mol. The highest BCUT2D eigenvalue weighted by atomic mass is 16.4. The van der Waals surface area contributed by atoms with Crippen molar-refractivity contribution in [1.29, 1.82) is 0 Å². The minimum absolute atomic E-state index is 0.444. The van der Waals surface area contributed by atoms with Gasteiger partial charge in [0, 0.05) is 0 Å². The fraction of sp³-hybridized carbons (Fsp3) is 0.700. The summed E-state index contributed by atoms with van der Waals surface area (Å²) in [5.74, 6) is 4.71. The molecule has 0 aliphatic heterocycles. The highest BCUT2D eigenvalue weighted by Gasteiger charge is 2.14. The van der Waals surface area contributed by atoms with Gasteiger partial charge in [0.25, 0.3) is 0 Å². The summed E-state index contributed by atoms with van der Waals surface area (Å²) in [7, 11) is 0. The normalized spacial score (nSPS) is 11.5. The molecule has 0 saturated heterocycles. The van der Waals surface area contributed by atoms with Gasteiger partial charge in [-0.3, -0.25) is 10.1 Å². The Kier molecular flexibility index (Phi) is 7.04. The second kappa shape index (κ2) is 7.63. The van der Waals surface area contributed by atoms with E-state index in [9.17, 15) is 4.79 Å². The Hall–Kier alpha value is -1.01. The Balaban J connectivity index is 3.78. The largest absolute Gasteiger partial charge is 0.480 e. The van der Waals surface area contributed by atoms with E-state index in [1.165, 1.54) is 0 Å². The number of hydrogen-bond acceptors (Lipinski definition) is 2. The molecule has 0 aliphatic carbocycles. The zero-order valence-electron chi connectivity index (χ0n) is 8.26. The van der Waals surface area contributed by atoms with E-state index in [0.717, 1.165) is 12.8 Å². The maximum Gasteiger partial charge on any atom is 0.320 e. The number of aliphatic carboxylic acids is 1. The maximum absolute atomic E-state index is 10.7. The Morgan fingerprint density at radius 1 is 1.62 bits per heavy atom. The van der Waals surface area contributed by atoms with Crippen molar-refractivity contribution in [2.24, 2.45) is 0 Å². The monoisotopic (exact) mass is 183 g/mol. The molecule has 0 fully saturated rings. The zero-order valence-corrected chi connectivity index (χ0v) is 8.26. The number of unbranched alkanes of at least 4 members (excludes halogenated alkanes) is 1. The first-order chi connectivity index (χ1) is 6.22. The van der Waals surface area contributed by atoms with Gasteiger partial charge in [-0.15, -0.1) is 5.92 Å². The summed E-state index contributed by atoms with van der Waals surface area (Å²) in [5, 5.41) is 11.7. The lowest BCUT2D eigenvalue weighted by Gasteiger charge is -2.11. The smallest absolute Gasteiger partial charge is 0.320 e. The van der Waals surface area contributed by atoms with Crippen molar-refractivity contribution in [3.8, 4) is 11.8 Å². The van der Waals surface area contributed by atoms with Gasteiger partial charge < -0.3 is 5.11 Å². The van der Waals surface area contributed by atoms with Gasteiger partial charge in [-0.2, -0.15) is 0 Å². The van der Waals surface area contributed by atoms with Crippen LogP contribution in [0, 0.1) is 11.8 Å². The van der Waals surface area contributed by atoms with E-state index in [1.807, 2.05) is 6.92 Å². The van der Waals surface area contributed by atoms with Gasteiger partial charge in [0.05, 0.1) is 6.54 Å². The second-order valence-corrected chi connectivity index (χ2v) is 2.84. The highest BCUT2D eigenvalue weighted by molar-refractivity contribution is 5.73. The van der Waals surface area contributed by atoms with Crippen LogP contribution in [0.25, 0.3) is 0 Å². The van der Waals surface area contributed by atoms with Crippen LogP contribution in [0.5, 0.6) is 0 Å².